The highest BCUT2D eigenvalue weighted by Gasteiger charge is 2.29. The van der Waals surface area contributed by atoms with Crippen LogP contribution in [-0.2, 0) is 10.0 Å². The fraction of sp³-hybridized carbons (Fsp3) is 0.571. The molecule has 0 heterocycles. The lowest BCUT2D eigenvalue weighted by Gasteiger charge is -2.32. The maximum absolute atomic E-state index is 12.4. The first kappa shape index (κ1) is 15.6. The molecular weight excluding hydrogens is 296 g/mol. The molecule has 2 rings (SSSR count). The van der Waals surface area contributed by atoms with Gasteiger partial charge in [0.15, 0.2) is 0 Å². The fourth-order valence-corrected chi connectivity index (χ4v) is 4.36. The van der Waals surface area contributed by atoms with Crippen molar-refractivity contribution in [3.8, 4) is 0 Å². The Morgan fingerprint density at radius 3 is 2.60 bits per heavy atom. The Hall–Kier alpha value is -0.780. The second-order valence-corrected chi connectivity index (χ2v) is 7.89. The molecule has 1 aromatic rings. The number of hydrogen-bond acceptors (Lipinski definition) is 3. The van der Waals surface area contributed by atoms with Crippen LogP contribution in [0.25, 0.3) is 0 Å². The fourth-order valence-electron chi connectivity index (χ4n) is 2.68. The van der Waals surface area contributed by atoms with E-state index in [1.807, 2.05) is 0 Å². The van der Waals surface area contributed by atoms with E-state index in [9.17, 15) is 8.42 Å². The van der Waals surface area contributed by atoms with Crippen LogP contribution in [0.5, 0.6) is 0 Å². The van der Waals surface area contributed by atoms with Crippen LogP contribution in [0.3, 0.4) is 0 Å². The van der Waals surface area contributed by atoms with Crippen molar-refractivity contribution < 1.29 is 8.42 Å². The van der Waals surface area contributed by atoms with E-state index in [0.717, 1.165) is 19.3 Å². The molecule has 3 unspecified atom stereocenters. The van der Waals surface area contributed by atoms with E-state index in [1.54, 1.807) is 6.07 Å². The maximum Gasteiger partial charge on any atom is 0.242 e. The van der Waals surface area contributed by atoms with Crippen molar-refractivity contribution in [2.24, 2.45) is 11.8 Å². The third kappa shape index (κ3) is 3.45. The van der Waals surface area contributed by atoms with Crippen molar-refractivity contribution in [2.75, 3.05) is 5.73 Å². The summed E-state index contributed by atoms with van der Waals surface area (Å²) in [5.41, 5.74) is 5.97. The zero-order valence-corrected chi connectivity index (χ0v) is 13.3. The van der Waals surface area contributed by atoms with Crippen LogP contribution >= 0.6 is 11.6 Å². The molecule has 0 spiro atoms. The highest BCUT2D eigenvalue weighted by atomic mass is 35.5. The predicted molar refractivity (Wildman–Crippen MR) is 82.2 cm³/mol. The Balaban J connectivity index is 2.17. The molecule has 0 amide bonds. The number of hydrogen-bond donors (Lipinski definition) is 2. The van der Waals surface area contributed by atoms with Gasteiger partial charge >= 0.3 is 0 Å². The van der Waals surface area contributed by atoms with Crippen LogP contribution in [0.2, 0.25) is 5.02 Å². The Bertz CT molecular complexity index is 589. The Morgan fingerprint density at radius 1 is 1.25 bits per heavy atom. The SMILES string of the molecule is CC1CCC(NS(=O)(=O)c2cc(Cl)ccc2N)CC1C. The lowest BCUT2D eigenvalue weighted by Crippen LogP contribution is -2.40. The van der Waals surface area contributed by atoms with Crippen LogP contribution in [-0.4, -0.2) is 14.5 Å². The zero-order valence-electron chi connectivity index (χ0n) is 11.8. The van der Waals surface area contributed by atoms with Crippen molar-refractivity contribution in [1.29, 1.82) is 0 Å². The molecule has 0 aromatic heterocycles. The molecule has 0 radical (unpaired) electrons. The molecule has 1 saturated carbocycles. The number of rotatable bonds is 3. The quantitative estimate of drug-likeness (QED) is 0.842. The minimum atomic E-state index is -3.61. The number of sulfonamides is 1. The van der Waals surface area contributed by atoms with Gasteiger partial charge in [0, 0.05) is 11.1 Å². The van der Waals surface area contributed by atoms with E-state index in [2.05, 4.69) is 18.6 Å². The summed E-state index contributed by atoms with van der Waals surface area (Å²) in [5.74, 6) is 1.17. The molecule has 112 valence electrons. The molecule has 0 bridgehead atoms. The number of halogens is 1. The summed E-state index contributed by atoms with van der Waals surface area (Å²) >= 11 is 5.86. The number of nitrogens with two attached hydrogens (primary N) is 1. The normalized spacial score (nSPS) is 27.4. The maximum atomic E-state index is 12.4. The van der Waals surface area contributed by atoms with Crippen LogP contribution in [0.4, 0.5) is 5.69 Å². The highest BCUT2D eigenvalue weighted by molar-refractivity contribution is 7.89. The molecular formula is C14H21ClN2O2S. The van der Waals surface area contributed by atoms with E-state index in [4.69, 9.17) is 17.3 Å². The third-order valence-corrected chi connectivity index (χ3v) is 6.00. The molecule has 0 aliphatic heterocycles. The second kappa shape index (κ2) is 5.92. The lowest BCUT2D eigenvalue weighted by molar-refractivity contribution is 0.242. The van der Waals surface area contributed by atoms with Crippen LogP contribution in [0.1, 0.15) is 33.1 Å². The average molecular weight is 317 g/mol. The van der Waals surface area contributed by atoms with Crippen molar-refractivity contribution in [1.82, 2.24) is 4.72 Å². The standard InChI is InChI=1S/C14H21ClN2O2S/c1-9-3-5-12(7-10(9)2)17-20(18,19)14-8-11(15)4-6-13(14)16/h4,6,8-10,12,17H,3,5,7,16H2,1-2H3. The first-order valence-corrected chi connectivity index (χ1v) is 8.73. The van der Waals surface area contributed by atoms with Gasteiger partial charge in [0.2, 0.25) is 10.0 Å². The van der Waals surface area contributed by atoms with E-state index in [1.165, 1.54) is 12.1 Å². The van der Waals surface area contributed by atoms with Gasteiger partial charge in [-0.25, -0.2) is 13.1 Å². The number of nitrogens with one attached hydrogen (secondary N) is 1. The zero-order chi connectivity index (χ0) is 14.9. The first-order chi connectivity index (χ1) is 9.29. The van der Waals surface area contributed by atoms with E-state index in [-0.39, 0.29) is 16.6 Å². The number of nitrogen functional groups attached to an aromatic ring is 1. The van der Waals surface area contributed by atoms with Crippen LogP contribution in [0, 0.1) is 11.8 Å². The molecule has 1 aromatic carbocycles. The third-order valence-electron chi connectivity index (χ3n) is 4.19. The molecule has 1 aliphatic rings. The van der Waals surface area contributed by atoms with Gasteiger partial charge in [0.05, 0.1) is 5.69 Å². The van der Waals surface area contributed by atoms with E-state index >= 15 is 0 Å². The Morgan fingerprint density at radius 2 is 1.95 bits per heavy atom. The summed E-state index contributed by atoms with van der Waals surface area (Å²) in [6.45, 7) is 4.38. The molecule has 6 heteroatoms. The van der Waals surface area contributed by atoms with Crippen molar-refractivity contribution in [3.05, 3.63) is 23.2 Å². The summed E-state index contributed by atoms with van der Waals surface area (Å²) in [4.78, 5) is 0.0660. The van der Waals surface area contributed by atoms with Crippen molar-refractivity contribution in [2.45, 2.75) is 44.0 Å². The summed E-state index contributed by atoms with van der Waals surface area (Å²) in [7, 11) is -3.61. The molecule has 20 heavy (non-hydrogen) atoms. The summed E-state index contributed by atoms with van der Waals surface area (Å²) in [5, 5.41) is 0.366. The lowest BCUT2D eigenvalue weighted by atomic mass is 9.79. The Kier molecular flexibility index (Phi) is 4.62. The van der Waals surface area contributed by atoms with Gasteiger partial charge < -0.3 is 5.73 Å². The van der Waals surface area contributed by atoms with E-state index in [0.29, 0.717) is 16.9 Å². The number of benzene rings is 1. The summed E-state index contributed by atoms with van der Waals surface area (Å²) < 4.78 is 27.6. The number of anilines is 1. The minimum absolute atomic E-state index is 0.0235. The largest absolute Gasteiger partial charge is 0.398 e. The highest BCUT2D eigenvalue weighted by Crippen LogP contribution is 2.31. The summed E-state index contributed by atoms with van der Waals surface area (Å²) in [6.07, 6.45) is 2.77. The minimum Gasteiger partial charge on any atom is -0.398 e. The van der Waals surface area contributed by atoms with Gasteiger partial charge in [-0.15, -0.1) is 0 Å². The first-order valence-electron chi connectivity index (χ1n) is 6.87. The smallest absolute Gasteiger partial charge is 0.242 e. The van der Waals surface area contributed by atoms with E-state index < -0.39 is 10.0 Å². The predicted octanol–water partition coefficient (Wildman–Crippen LogP) is 3.03. The topological polar surface area (TPSA) is 72.2 Å². The van der Waals surface area contributed by atoms with Gasteiger partial charge in [-0.2, -0.15) is 0 Å². The molecule has 1 aliphatic carbocycles. The molecule has 4 nitrogen and oxygen atoms in total. The van der Waals surface area contributed by atoms with Crippen molar-refractivity contribution in [3.63, 3.8) is 0 Å². The average Bonchev–Trinajstić information content (AvgIpc) is 2.36. The van der Waals surface area contributed by atoms with Gasteiger partial charge in [-0.05, 0) is 49.3 Å². The van der Waals surface area contributed by atoms with Gasteiger partial charge in [0.25, 0.3) is 0 Å². The van der Waals surface area contributed by atoms with Gasteiger partial charge in [0.1, 0.15) is 4.90 Å². The molecule has 3 atom stereocenters. The molecule has 1 fully saturated rings. The molecule has 3 N–H and O–H groups in total. The summed E-state index contributed by atoms with van der Waals surface area (Å²) in [6, 6.07) is 4.47. The van der Waals surface area contributed by atoms with Gasteiger partial charge in [-0.3, -0.25) is 0 Å². The Labute approximate surface area is 125 Å². The monoisotopic (exact) mass is 316 g/mol. The van der Waals surface area contributed by atoms with Crippen molar-refractivity contribution >= 4 is 27.3 Å². The molecule has 0 saturated heterocycles. The van der Waals surface area contributed by atoms with Gasteiger partial charge in [-0.1, -0.05) is 25.4 Å². The van der Waals surface area contributed by atoms with Crippen LogP contribution in [0.15, 0.2) is 23.1 Å². The second-order valence-electron chi connectivity index (χ2n) is 5.77. The van der Waals surface area contributed by atoms with Crippen LogP contribution < -0.4 is 10.5 Å².